The van der Waals surface area contributed by atoms with Crippen LogP contribution < -0.4 is 4.90 Å². The third-order valence-corrected chi connectivity index (χ3v) is 12.3. The number of aromatic nitrogens is 2. The van der Waals surface area contributed by atoms with E-state index >= 15 is 0 Å². The predicted molar refractivity (Wildman–Crippen MR) is 276 cm³/mol. The molecule has 2 aromatic heterocycles. The molecule has 1 aliphatic heterocycles. The van der Waals surface area contributed by atoms with Crippen LogP contribution in [0.1, 0.15) is 54.9 Å². The van der Waals surface area contributed by atoms with Gasteiger partial charge in [-0.1, -0.05) is 184 Å². The summed E-state index contributed by atoms with van der Waals surface area (Å²) in [6.07, 6.45) is 8.45. The Bertz CT molecular complexity index is 3180. The van der Waals surface area contributed by atoms with Gasteiger partial charge in [0.25, 0.3) is 0 Å². The average molecular weight is 830 g/mol. The minimum Gasteiger partial charge on any atom is -0.311 e. The first-order valence-electron chi connectivity index (χ1n) is 22.4. The van der Waals surface area contributed by atoms with Crippen molar-refractivity contribution in [1.29, 1.82) is 0 Å². The normalized spacial score (nSPS) is 14.6. The molecule has 3 heterocycles. The zero-order valence-electron chi connectivity index (χ0n) is 37.5. The molecule has 0 aliphatic carbocycles. The second kappa shape index (κ2) is 18.4. The smallest absolute Gasteiger partial charge is 0.0541 e. The Hall–Kier alpha value is -7.62. The number of nitrogens with zero attached hydrogens (tertiary/aromatic N) is 3. The standard InChI is InChI=1S/C21H19N.C21H21N.C19H15N/c1-15(2)16-11-13-17(14-12-16)22-20-9-5-3-7-18(20)19-8-4-6-10-21(19)22;1-16-12-14-19(15-13-16)22-18(3)9-5-4-8-17(2)20-10-6-7-11-21(20)22;1-14-10-12-15(13-11-14)20-18-8-4-2-6-16(18)17-7-3-5-9-19(17)20/h3-15H,1-2H3;4-15,17H,3H2,1-2H3;2-13H,1H3/b;8-4-,9-5-;. The van der Waals surface area contributed by atoms with Crippen molar-refractivity contribution in [1.82, 2.24) is 9.13 Å². The third-order valence-electron chi connectivity index (χ3n) is 12.3. The van der Waals surface area contributed by atoms with E-state index in [2.05, 4.69) is 274 Å². The van der Waals surface area contributed by atoms with Gasteiger partial charge in [-0.2, -0.15) is 0 Å². The molecule has 11 rings (SSSR count). The zero-order chi connectivity index (χ0) is 44.2. The fraction of sp³-hybridized carbons (Fsp3) is 0.115. The summed E-state index contributed by atoms with van der Waals surface area (Å²) in [4.78, 5) is 2.23. The molecule has 0 fully saturated rings. The number of rotatable bonds is 4. The van der Waals surface area contributed by atoms with Crippen molar-refractivity contribution in [2.45, 2.75) is 46.5 Å². The lowest BCUT2D eigenvalue weighted by atomic mass is 9.97. The Morgan fingerprint density at radius 2 is 0.828 bits per heavy atom. The van der Waals surface area contributed by atoms with Gasteiger partial charge in [-0.3, -0.25) is 0 Å². The van der Waals surface area contributed by atoms with Crippen LogP contribution in [-0.4, -0.2) is 9.13 Å². The molecule has 0 spiro atoms. The number of hydrogen-bond acceptors (Lipinski definition) is 1. The van der Waals surface area contributed by atoms with Crippen LogP contribution in [0, 0.1) is 13.8 Å². The molecule has 0 saturated heterocycles. The predicted octanol–water partition coefficient (Wildman–Crippen LogP) is 16.9. The summed E-state index contributed by atoms with van der Waals surface area (Å²) in [5.41, 5.74) is 16.0. The summed E-state index contributed by atoms with van der Waals surface area (Å²) >= 11 is 0. The number of aryl methyl sites for hydroxylation is 2. The minimum absolute atomic E-state index is 0.361. The lowest BCUT2D eigenvalue weighted by Gasteiger charge is -2.28. The van der Waals surface area contributed by atoms with Gasteiger partial charge in [-0.15, -0.1) is 0 Å². The van der Waals surface area contributed by atoms with E-state index < -0.39 is 0 Å². The second-order valence-corrected chi connectivity index (χ2v) is 17.1. The van der Waals surface area contributed by atoms with Gasteiger partial charge in [0, 0.05) is 55.9 Å². The molecule has 0 bridgehead atoms. The van der Waals surface area contributed by atoms with Crippen molar-refractivity contribution in [2.24, 2.45) is 0 Å². The summed E-state index contributed by atoms with van der Waals surface area (Å²) in [6.45, 7) is 15.2. The van der Waals surface area contributed by atoms with Gasteiger partial charge >= 0.3 is 0 Å². The van der Waals surface area contributed by atoms with E-state index in [0.29, 0.717) is 11.8 Å². The van der Waals surface area contributed by atoms with Crippen LogP contribution in [0.5, 0.6) is 0 Å². The van der Waals surface area contributed by atoms with E-state index in [4.69, 9.17) is 0 Å². The summed E-state index contributed by atoms with van der Waals surface area (Å²) in [5, 5.41) is 5.24. The number of para-hydroxylation sites is 5. The third kappa shape index (κ3) is 8.33. The van der Waals surface area contributed by atoms with Crippen molar-refractivity contribution >= 4 is 55.0 Å². The van der Waals surface area contributed by atoms with Gasteiger partial charge < -0.3 is 14.0 Å². The van der Waals surface area contributed by atoms with E-state index in [1.54, 1.807) is 0 Å². The fourth-order valence-electron chi connectivity index (χ4n) is 8.91. The van der Waals surface area contributed by atoms with Gasteiger partial charge in [0.2, 0.25) is 0 Å². The molecule has 0 saturated carbocycles. The summed E-state index contributed by atoms with van der Waals surface area (Å²) in [7, 11) is 0. The molecule has 1 unspecified atom stereocenters. The van der Waals surface area contributed by atoms with Crippen LogP contribution >= 0.6 is 0 Å². The van der Waals surface area contributed by atoms with Gasteiger partial charge in [-0.05, 0) is 104 Å². The average Bonchev–Trinajstić information content (AvgIpc) is 3.86. The number of hydrogen-bond donors (Lipinski definition) is 0. The van der Waals surface area contributed by atoms with Gasteiger partial charge in [-0.25, -0.2) is 0 Å². The maximum Gasteiger partial charge on any atom is 0.0541 e. The molecule has 1 atom stereocenters. The van der Waals surface area contributed by atoms with Crippen molar-refractivity contribution in [3.05, 3.63) is 253 Å². The maximum atomic E-state index is 4.27. The molecule has 0 amide bonds. The Morgan fingerprint density at radius 3 is 1.28 bits per heavy atom. The Morgan fingerprint density at radius 1 is 0.438 bits per heavy atom. The summed E-state index contributed by atoms with van der Waals surface area (Å²) in [6, 6.07) is 69.2. The first-order chi connectivity index (χ1) is 31.3. The topological polar surface area (TPSA) is 13.1 Å². The van der Waals surface area contributed by atoms with Crippen LogP contribution in [-0.2, 0) is 0 Å². The SMILES string of the molecule is C=C1/C=C\C=C/C(C)c2ccccc2N1c1ccc(C)cc1.CC(C)c1ccc(-n2c3ccccc3c3ccccc32)cc1.Cc1ccc(-n2c3ccccc3c3ccccc32)cc1. The Kier molecular flexibility index (Phi) is 12.0. The van der Waals surface area contributed by atoms with E-state index in [1.807, 2.05) is 0 Å². The molecular formula is C61H55N3. The van der Waals surface area contributed by atoms with Crippen LogP contribution in [0.2, 0.25) is 0 Å². The molecule has 314 valence electrons. The van der Waals surface area contributed by atoms with E-state index in [0.717, 1.165) is 11.4 Å². The van der Waals surface area contributed by atoms with Crippen LogP contribution in [0.15, 0.2) is 231 Å². The maximum absolute atomic E-state index is 4.27. The molecule has 3 nitrogen and oxygen atoms in total. The fourth-order valence-corrected chi connectivity index (χ4v) is 8.91. The number of allylic oxidation sites excluding steroid dienone is 4. The minimum atomic E-state index is 0.361. The Balaban J connectivity index is 0.000000122. The van der Waals surface area contributed by atoms with Crippen molar-refractivity contribution in [2.75, 3.05) is 4.90 Å². The summed E-state index contributed by atoms with van der Waals surface area (Å²) in [5.74, 6) is 0.923. The highest BCUT2D eigenvalue weighted by Crippen LogP contribution is 2.38. The monoisotopic (exact) mass is 829 g/mol. The molecule has 0 radical (unpaired) electrons. The number of fused-ring (bicyclic) bond motifs is 7. The lowest BCUT2D eigenvalue weighted by Crippen LogP contribution is -2.16. The zero-order valence-corrected chi connectivity index (χ0v) is 37.5. The van der Waals surface area contributed by atoms with Gasteiger partial charge in [0.15, 0.2) is 0 Å². The quantitative estimate of drug-likeness (QED) is 0.172. The molecule has 0 N–H and O–H groups in total. The molecule has 10 aromatic rings. The van der Waals surface area contributed by atoms with Crippen LogP contribution in [0.25, 0.3) is 55.0 Å². The highest BCUT2D eigenvalue weighted by molar-refractivity contribution is 6.10. The Labute approximate surface area is 378 Å². The van der Waals surface area contributed by atoms with Crippen LogP contribution in [0.3, 0.4) is 0 Å². The number of benzene rings is 8. The van der Waals surface area contributed by atoms with E-state index in [9.17, 15) is 0 Å². The first-order valence-corrected chi connectivity index (χ1v) is 22.4. The first kappa shape index (κ1) is 41.7. The van der Waals surface area contributed by atoms with E-state index in [1.165, 1.54) is 82.9 Å². The lowest BCUT2D eigenvalue weighted by molar-refractivity contribution is 0.866. The molecule has 1 aliphatic rings. The van der Waals surface area contributed by atoms with E-state index in [-0.39, 0.29) is 0 Å². The highest BCUT2D eigenvalue weighted by atomic mass is 15.1. The molecule has 3 heteroatoms. The molecule has 8 aromatic carbocycles. The summed E-state index contributed by atoms with van der Waals surface area (Å²) < 4.78 is 4.69. The van der Waals surface area contributed by atoms with Crippen molar-refractivity contribution < 1.29 is 0 Å². The molecule has 64 heavy (non-hydrogen) atoms. The van der Waals surface area contributed by atoms with Gasteiger partial charge in [0.1, 0.15) is 0 Å². The second-order valence-electron chi connectivity index (χ2n) is 17.1. The largest absolute Gasteiger partial charge is 0.311 e. The van der Waals surface area contributed by atoms with Gasteiger partial charge in [0.05, 0.1) is 22.1 Å². The molecular weight excluding hydrogens is 775 g/mol. The van der Waals surface area contributed by atoms with Crippen molar-refractivity contribution in [3.63, 3.8) is 0 Å². The highest BCUT2D eigenvalue weighted by Gasteiger charge is 2.18. The number of anilines is 2. The van der Waals surface area contributed by atoms with Crippen LogP contribution in [0.4, 0.5) is 11.4 Å². The van der Waals surface area contributed by atoms with Crippen molar-refractivity contribution in [3.8, 4) is 11.4 Å².